The number of nitrogens with one attached hydrogen (secondary N) is 2. The zero-order valence-corrected chi connectivity index (χ0v) is 13.0. The fourth-order valence-electron chi connectivity index (χ4n) is 2.87. The molecule has 2 fully saturated rings. The molecule has 0 aromatic heterocycles. The summed E-state index contributed by atoms with van der Waals surface area (Å²) in [6, 6.07) is 0.0190. The van der Waals surface area contributed by atoms with Gasteiger partial charge in [-0.15, -0.1) is 12.4 Å². The number of carbonyl (C=O) groups excluding carboxylic acids is 2. The van der Waals surface area contributed by atoms with Gasteiger partial charge in [0.2, 0.25) is 11.8 Å². The number of likely N-dealkylation sites (tertiary alicyclic amines) is 1. The van der Waals surface area contributed by atoms with Crippen LogP contribution < -0.4 is 10.6 Å². The van der Waals surface area contributed by atoms with Crippen LogP contribution in [0.5, 0.6) is 0 Å². The summed E-state index contributed by atoms with van der Waals surface area (Å²) >= 11 is 0. The van der Waals surface area contributed by atoms with Crippen LogP contribution in [0.4, 0.5) is 0 Å². The van der Waals surface area contributed by atoms with Gasteiger partial charge in [-0.25, -0.2) is 0 Å². The molecule has 0 radical (unpaired) electrons. The van der Waals surface area contributed by atoms with Crippen molar-refractivity contribution in [3.8, 4) is 0 Å². The number of carbonyl (C=O) groups is 2. The van der Waals surface area contributed by atoms with Gasteiger partial charge in [-0.3, -0.25) is 9.59 Å². The van der Waals surface area contributed by atoms with Crippen molar-refractivity contribution in [2.45, 2.75) is 45.1 Å². The van der Waals surface area contributed by atoms with Crippen LogP contribution in [-0.4, -0.2) is 48.9 Å². The largest absolute Gasteiger partial charge is 0.356 e. The molecule has 2 rings (SSSR count). The first kappa shape index (κ1) is 17.2. The summed E-state index contributed by atoms with van der Waals surface area (Å²) < 4.78 is 0. The van der Waals surface area contributed by atoms with Crippen molar-refractivity contribution >= 4 is 24.2 Å². The van der Waals surface area contributed by atoms with Crippen molar-refractivity contribution in [3.05, 3.63) is 0 Å². The minimum Gasteiger partial charge on any atom is -0.356 e. The lowest BCUT2D eigenvalue weighted by Gasteiger charge is -2.33. The predicted octanol–water partition coefficient (Wildman–Crippen LogP) is 0.925. The van der Waals surface area contributed by atoms with E-state index in [1.807, 2.05) is 4.90 Å². The van der Waals surface area contributed by atoms with Gasteiger partial charge in [-0.2, -0.15) is 0 Å². The fourth-order valence-corrected chi connectivity index (χ4v) is 2.87. The third kappa shape index (κ3) is 4.35. The van der Waals surface area contributed by atoms with Gasteiger partial charge < -0.3 is 15.5 Å². The molecule has 2 N–H and O–H groups in total. The van der Waals surface area contributed by atoms with Gasteiger partial charge in [-0.1, -0.05) is 6.92 Å². The molecular weight excluding hydrogens is 278 g/mol. The van der Waals surface area contributed by atoms with Crippen molar-refractivity contribution in [2.75, 3.05) is 26.2 Å². The Kier molecular flexibility index (Phi) is 7.30. The van der Waals surface area contributed by atoms with Crippen LogP contribution in [0.25, 0.3) is 0 Å². The molecular formula is C14H26ClN3O2. The molecule has 116 valence electrons. The SMILES string of the molecule is CCCNC(=O)C1CCN(C(=O)C2CCCN2)CC1.Cl. The Balaban J connectivity index is 0.00000200. The molecule has 1 atom stereocenters. The van der Waals surface area contributed by atoms with E-state index in [-0.39, 0.29) is 36.2 Å². The normalized spacial score (nSPS) is 23.2. The van der Waals surface area contributed by atoms with Crippen LogP contribution in [0.1, 0.15) is 39.0 Å². The maximum Gasteiger partial charge on any atom is 0.239 e. The van der Waals surface area contributed by atoms with E-state index >= 15 is 0 Å². The van der Waals surface area contributed by atoms with Crippen LogP contribution in [0, 0.1) is 5.92 Å². The highest BCUT2D eigenvalue weighted by molar-refractivity contribution is 5.85. The van der Waals surface area contributed by atoms with Crippen molar-refractivity contribution in [2.24, 2.45) is 5.92 Å². The van der Waals surface area contributed by atoms with Gasteiger partial charge in [0.05, 0.1) is 6.04 Å². The highest BCUT2D eigenvalue weighted by Gasteiger charge is 2.31. The Bertz CT molecular complexity index is 324. The van der Waals surface area contributed by atoms with E-state index in [4.69, 9.17) is 0 Å². The molecule has 2 amide bonds. The Hall–Kier alpha value is -0.810. The summed E-state index contributed by atoms with van der Waals surface area (Å²) in [4.78, 5) is 26.0. The summed E-state index contributed by atoms with van der Waals surface area (Å²) in [6.45, 7) is 5.20. The van der Waals surface area contributed by atoms with E-state index in [0.29, 0.717) is 0 Å². The first-order chi connectivity index (χ1) is 9.22. The molecule has 0 spiro atoms. The highest BCUT2D eigenvalue weighted by Crippen LogP contribution is 2.19. The van der Waals surface area contributed by atoms with Crippen LogP contribution in [0.2, 0.25) is 0 Å². The molecule has 0 saturated carbocycles. The second-order valence-corrected chi connectivity index (χ2v) is 5.54. The molecule has 1 unspecified atom stereocenters. The zero-order chi connectivity index (χ0) is 13.7. The average molecular weight is 304 g/mol. The van der Waals surface area contributed by atoms with Gasteiger partial charge in [-0.05, 0) is 38.6 Å². The Morgan fingerprint density at radius 2 is 1.95 bits per heavy atom. The Labute approximate surface area is 127 Å². The molecule has 2 aliphatic rings. The fraction of sp³-hybridized carbons (Fsp3) is 0.857. The minimum atomic E-state index is 0. The molecule has 5 nitrogen and oxygen atoms in total. The van der Waals surface area contributed by atoms with Crippen LogP contribution in [0.15, 0.2) is 0 Å². The van der Waals surface area contributed by atoms with Gasteiger partial charge in [0.25, 0.3) is 0 Å². The van der Waals surface area contributed by atoms with Gasteiger partial charge >= 0.3 is 0 Å². The predicted molar refractivity (Wildman–Crippen MR) is 80.9 cm³/mol. The van der Waals surface area contributed by atoms with E-state index in [9.17, 15) is 9.59 Å². The number of amides is 2. The summed E-state index contributed by atoms with van der Waals surface area (Å²) in [7, 11) is 0. The van der Waals surface area contributed by atoms with E-state index in [1.54, 1.807) is 0 Å². The minimum absolute atomic E-state index is 0. The Morgan fingerprint density at radius 3 is 2.50 bits per heavy atom. The summed E-state index contributed by atoms with van der Waals surface area (Å²) in [6.07, 6.45) is 4.61. The monoisotopic (exact) mass is 303 g/mol. The quantitative estimate of drug-likeness (QED) is 0.812. The van der Waals surface area contributed by atoms with E-state index in [0.717, 1.165) is 58.3 Å². The highest BCUT2D eigenvalue weighted by atomic mass is 35.5. The molecule has 2 heterocycles. The lowest BCUT2D eigenvalue weighted by molar-refractivity contribution is -0.137. The lowest BCUT2D eigenvalue weighted by atomic mass is 9.95. The number of piperidine rings is 1. The first-order valence-electron chi connectivity index (χ1n) is 7.52. The zero-order valence-electron chi connectivity index (χ0n) is 12.2. The molecule has 0 aliphatic carbocycles. The van der Waals surface area contributed by atoms with E-state index < -0.39 is 0 Å². The number of hydrogen-bond donors (Lipinski definition) is 2. The van der Waals surface area contributed by atoms with Crippen molar-refractivity contribution < 1.29 is 9.59 Å². The maximum absolute atomic E-state index is 12.2. The second-order valence-electron chi connectivity index (χ2n) is 5.54. The molecule has 0 aromatic carbocycles. The van der Waals surface area contributed by atoms with Gasteiger partial charge in [0.1, 0.15) is 0 Å². The smallest absolute Gasteiger partial charge is 0.239 e. The molecule has 0 aromatic rings. The Morgan fingerprint density at radius 1 is 1.25 bits per heavy atom. The van der Waals surface area contributed by atoms with E-state index in [2.05, 4.69) is 17.6 Å². The number of rotatable bonds is 4. The third-order valence-electron chi connectivity index (χ3n) is 4.09. The van der Waals surface area contributed by atoms with Crippen molar-refractivity contribution in [3.63, 3.8) is 0 Å². The van der Waals surface area contributed by atoms with Crippen LogP contribution in [0.3, 0.4) is 0 Å². The number of hydrogen-bond acceptors (Lipinski definition) is 3. The third-order valence-corrected chi connectivity index (χ3v) is 4.09. The van der Waals surface area contributed by atoms with Crippen molar-refractivity contribution in [1.82, 2.24) is 15.5 Å². The van der Waals surface area contributed by atoms with Crippen molar-refractivity contribution in [1.29, 1.82) is 0 Å². The molecule has 2 aliphatic heterocycles. The van der Waals surface area contributed by atoms with Crippen LogP contribution >= 0.6 is 12.4 Å². The van der Waals surface area contributed by atoms with E-state index in [1.165, 1.54) is 0 Å². The second kappa shape index (κ2) is 8.47. The summed E-state index contributed by atoms with van der Waals surface area (Å²) in [5.74, 6) is 0.477. The van der Waals surface area contributed by atoms with Gasteiger partial charge in [0.15, 0.2) is 0 Å². The summed E-state index contributed by atoms with van der Waals surface area (Å²) in [5, 5.41) is 6.19. The first-order valence-corrected chi connectivity index (χ1v) is 7.52. The molecule has 2 saturated heterocycles. The average Bonchev–Trinajstić information content (AvgIpc) is 2.98. The lowest BCUT2D eigenvalue weighted by Crippen LogP contribution is -2.48. The molecule has 20 heavy (non-hydrogen) atoms. The van der Waals surface area contributed by atoms with Crippen LogP contribution in [-0.2, 0) is 9.59 Å². The standard InChI is InChI=1S/C14H25N3O2.ClH/c1-2-7-16-13(18)11-5-9-17(10-6-11)14(19)12-4-3-8-15-12;/h11-12,15H,2-10H2,1H3,(H,16,18);1H. The summed E-state index contributed by atoms with van der Waals surface area (Å²) in [5.41, 5.74) is 0. The number of halogens is 1. The number of nitrogens with zero attached hydrogens (tertiary/aromatic N) is 1. The topological polar surface area (TPSA) is 61.4 Å². The molecule has 0 bridgehead atoms. The molecule has 6 heteroatoms. The van der Waals surface area contributed by atoms with Gasteiger partial charge in [0, 0.05) is 25.6 Å². The maximum atomic E-state index is 12.2.